The quantitative estimate of drug-likeness (QED) is 0.164. The van der Waals surface area contributed by atoms with Crippen LogP contribution in [0.2, 0.25) is 0 Å². The highest BCUT2D eigenvalue weighted by Crippen LogP contribution is 2.34. The van der Waals surface area contributed by atoms with E-state index in [1.807, 2.05) is 0 Å². The van der Waals surface area contributed by atoms with Crippen molar-refractivity contribution in [2.45, 2.75) is 19.1 Å². The Morgan fingerprint density at radius 1 is 1.15 bits per heavy atom. The average molecular weight is 616 g/mol. The molecule has 0 spiro atoms. The standard InChI is InChI=1S/C28H20F3N3O4S3/c29-28(30,31)19-4-1-3-18(11-19)12-22-14-32-26(40-22)33-24(35)16-38-20-8-6-17(7-9-20)13-23-25(36)34(27(39)41-23)15-21-5-2-10-37-21/h1-11,13-14H,12,15-16H2,(H,32,33,35)/b23-13-. The number of carbonyl (C=O) groups excluding carboxylic acids is 2. The van der Waals surface area contributed by atoms with Crippen LogP contribution in [0.15, 0.2) is 82.4 Å². The maximum atomic E-state index is 13.0. The summed E-state index contributed by atoms with van der Waals surface area (Å²) in [6.45, 7) is -0.00466. The lowest BCUT2D eigenvalue weighted by Gasteiger charge is -2.11. The van der Waals surface area contributed by atoms with E-state index in [0.717, 1.165) is 17.7 Å². The minimum atomic E-state index is -4.41. The van der Waals surface area contributed by atoms with Gasteiger partial charge in [-0.15, -0.1) is 11.3 Å². The number of alkyl halides is 3. The van der Waals surface area contributed by atoms with Gasteiger partial charge in [-0.25, -0.2) is 4.98 Å². The van der Waals surface area contributed by atoms with Gasteiger partial charge in [0.1, 0.15) is 15.8 Å². The highest BCUT2D eigenvalue weighted by atomic mass is 32.2. The molecule has 4 aromatic rings. The Morgan fingerprint density at radius 3 is 2.68 bits per heavy atom. The van der Waals surface area contributed by atoms with Crippen LogP contribution in [0.25, 0.3) is 6.08 Å². The number of thioether (sulfide) groups is 1. The number of nitrogens with zero attached hydrogens (tertiary/aromatic N) is 2. The van der Waals surface area contributed by atoms with E-state index in [-0.39, 0.29) is 25.5 Å². The maximum Gasteiger partial charge on any atom is 0.416 e. The predicted molar refractivity (Wildman–Crippen MR) is 154 cm³/mol. The monoisotopic (exact) mass is 615 g/mol. The van der Waals surface area contributed by atoms with E-state index < -0.39 is 17.6 Å². The highest BCUT2D eigenvalue weighted by Gasteiger charge is 2.32. The zero-order chi connectivity index (χ0) is 29.0. The summed E-state index contributed by atoms with van der Waals surface area (Å²) in [6.07, 6.45) is 0.640. The number of furan rings is 1. The van der Waals surface area contributed by atoms with Crippen molar-refractivity contribution in [3.63, 3.8) is 0 Å². The first kappa shape index (κ1) is 28.6. The fourth-order valence-corrected chi connectivity index (χ4v) is 5.93. The Kier molecular flexibility index (Phi) is 8.57. The maximum absolute atomic E-state index is 13.0. The van der Waals surface area contributed by atoms with E-state index in [1.165, 1.54) is 40.3 Å². The average Bonchev–Trinajstić information content (AvgIpc) is 3.67. The lowest BCUT2D eigenvalue weighted by Crippen LogP contribution is -2.27. The Balaban J connectivity index is 1.11. The van der Waals surface area contributed by atoms with Gasteiger partial charge >= 0.3 is 6.18 Å². The van der Waals surface area contributed by atoms with Crippen LogP contribution in [0.3, 0.4) is 0 Å². The lowest BCUT2D eigenvalue weighted by molar-refractivity contribution is -0.137. The van der Waals surface area contributed by atoms with Gasteiger partial charge in [0.2, 0.25) is 0 Å². The molecule has 1 fully saturated rings. The van der Waals surface area contributed by atoms with Crippen LogP contribution in [0.4, 0.5) is 18.3 Å². The molecule has 0 aliphatic carbocycles. The summed E-state index contributed by atoms with van der Waals surface area (Å²) in [5, 5.41) is 2.95. The molecular formula is C28H20F3N3O4S3. The normalized spacial score (nSPS) is 14.6. The molecule has 41 heavy (non-hydrogen) atoms. The summed E-state index contributed by atoms with van der Waals surface area (Å²) in [7, 11) is 0. The van der Waals surface area contributed by atoms with Gasteiger partial charge in [0.25, 0.3) is 11.8 Å². The molecule has 2 aromatic carbocycles. The number of thiocarbonyl (C=S) groups is 1. The smallest absolute Gasteiger partial charge is 0.416 e. The third kappa shape index (κ3) is 7.43. The summed E-state index contributed by atoms with van der Waals surface area (Å²) in [6, 6.07) is 15.5. The Bertz CT molecular complexity index is 1600. The second-order valence-corrected chi connectivity index (χ2v) is 11.6. The molecule has 0 atom stereocenters. The number of aromatic nitrogens is 1. The third-order valence-electron chi connectivity index (χ3n) is 5.75. The summed E-state index contributed by atoms with van der Waals surface area (Å²) in [4.78, 5) is 31.9. The fraction of sp³-hybridized carbons (Fsp3) is 0.143. The number of carbonyl (C=O) groups is 2. The minimum absolute atomic E-state index is 0.200. The number of hydrogen-bond acceptors (Lipinski definition) is 8. The predicted octanol–water partition coefficient (Wildman–Crippen LogP) is 6.76. The molecule has 1 N–H and O–H groups in total. The minimum Gasteiger partial charge on any atom is -0.484 e. The van der Waals surface area contributed by atoms with Crippen molar-refractivity contribution in [1.82, 2.24) is 9.88 Å². The van der Waals surface area contributed by atoms with Crippen LogP contribution in [0.1, 0.15) is 27.3 Å². The van der Waals surface area contributed by atoms with Crippen molar-refractivity contribution in [2.24, 2.45) is 0 Å². The number of thiazole rings is 1. The molecule has 1 aliphatic rings. The molecule has 2 amide bonds. The van der Waals surface area contributed by atoms with Crippen molar-refractivity contribution in [3.8, 4) is 5.75 Å². The molecule has 13 heteroatoms. The molecule has 0 radical (unpaired) electrons. The largest absolute Gasteiger partial charge is 0.484 e. The molecule has 1 aliphatic heterocycles. The van der Waals surface area contributed by atoms with E-state index in [2.05, 4.69) is 10.3 Å². The molecule has 3 heterocycles. The molecule has 1 saturated heterocycles. The van der Waals surface area contributed by atoms with Crippen LogP contribution >= 0.6 is 35.3 Å². The number of hydrogen-bond donors (Lipinski definition) is 1. The van der Waals surface area contributed by atoms with E-state index in [1.54, 1.807) is 54.8 Å². The van der Waals surface area contributed by atoms with Crippen molar-refractivity contribution < 1.29 is 31.9 Å². The zero-order valence-electron chi connectivity index (χ0n) is 21.0. The molecule has 5 rings (SSSR count). The molecule has 7 nitrogen and oxygen atoms in total. The van der Waals surface area contributed by atoms with Crippen molar-refractivity contribution in [2.75, 3.05) is 11.9 Å². The van der Waals surface area contributed by atoms with E-state index in [9.17, 15) is 22.8 Å². The SMILES string of the molecule is O=C(COc1ccc(/C=C2\SC(=S)N(Cc3ccco3)C2=O)cc1)Nc1ncc(Cc2cccc(C(F)(F)F)c2)s1. The van der Waals surface area contributed by atoms with Crippen molar-refractivity contribution in [3.05, 3.63) is 105 Å². The highest BCUT2D eigenvalue weighted by molar-refractivity contribution is 8.26. The van der Waals surface area contributed by atoms with Gasteiger partial charge in [-0.1, -0.05) is 54.3 Å². The van der Waals surface area contributed by atoms with Crippen LogP contribution < -0.4 is 10.1 Å². The molecular weight excluding hydrogens is 596 g/mol. The van der Waals surface area contributed by atoms with Gasteiger partial charge < -0.3 is 9.15 Å². The molecule has 210 valence electrons. The Morgan fingerprint density at radius 2 is 1.95 bits per heavy atom. The third-order valence-corrected chi connectivity index (χ3v) is 8.04. The second-order valence-electron chi connectivity index (χ2n) is 8.76. The van der Waals surface area contributed by atoms with E-state index >= 15 is 0 Å². The number of rotatable bonds is 9. The van der Waals surface area contributed by atoms with Crippen LogP contribution in [0, 0.1) is 0 Å². The number of anilines is 1. The molecule has 0 unspecified atom stereocenters. The van der Waals surface area contributed by atoms with Gasteiger partial charge in [0.05, 0.1) is 23.3 Å². The van der Waals surface area contributed by atoms with Gasteiger partial charge in [0, 0.05) is 17.5 Å². The fourth-order valence-electron chi connectivity index (χ4n) is 3.82. The summed E-state index contributed by atoms with van der Waals surface area (Å²) in [5.41, 5.74) is 0.544. The molecule has 0 bridgehead atoms. The Hall–Kier alpha value is -3.94. The second kappa shape index (κ2) is 12.3. The lowest BCUT2D eigenvalue weighted by atomic mass is 10.1. The van der Waals surface area contributed by atoms with Gasteiger partial charge in [-0.3, -0.25) is 19.8 Å². The number of benzene rings is 2. The van der Waals surface area contributed by atoms with E-state index in [4.69, 9.17) is 21.4 Å². The van der Waals surface area contributed by atoms with Crippen LogP contribution in [-0.4, -0.2) is 32.6 Å². The Labute approximate surface area is 246 Å². The summed E-state index contributed by atoms with van der Waals surface area (Å²) >= 11 is 7.73. The van der Waals surface area contributed by atoms with Crippen molar-refractivity contribution in [1.29, 1.82) is 0 Å². The molecule has 2 aromatic heterocycles. The summed E-state index contributed by atoms with van der Waals surface area (Å²) < 4.78 is 50.2. The van der Waals surface area contributed by atoms with Gasteiger partial charge in [-0.2, -0.15) is 13.2 Å². The number of amides is 2. The van der Waals surface area contributed by atoms with Gasteiger partial charge in [-0.05, 0) is 47.5 Å². The van der Waals surface area contributed by atoms with Gasteiger partial charge in [0.15, 0.2) is 11.7 Å². The zero-order valence-corrected chi connectivity index (χ0v) is 23.5. The topological polar surface area (TPSA) is 84.7 Å². The number of nitrogens with one attached hydrogen (secondary N) is 1. The number of halogens is 3. The number of ether oxygens (including phenoxy) is 1. The molecule has 0 saturated carbocycles. The first-order valence-corrected chi connectivity index (χ1v) is 14.1. The van der Waals surface area contributed by atoms with E-state index in [0.29, 0.717) is 36.3 Å². The van der Waals surface area contributed by atoms with Crippen LogP contribution in [0.5, 0.6) is 5.75 Å². The van der Waals surface area contributed by atoms with Crippen LogP contribution in [-0.2, 0) is 28.7 Å². The first-order chi connectivity index (χ1) is 19.6. The van der Waals surface area contributed by atoms with Crippen molar-refractivity contribution >= 4 is 62.7 Å². The summed E-state index contributed by atoms with van der Waals surface area (Å²) in [5.74, 6) is 0.452. The first-order valence-electron chi connectivity index (χ1n) is 12.1.